The van der Waals surface area contributed by atoms with Crippen LogP contribution in [0.25, 0.3) is 0 Å². The molecule has 0 saturated heterocycles. The van der Waals surface area contributed by atoms with E-state index in [9.17, 15) is 0 Å². The molecule has 0 aromatic heterocycles. The van der Waals surface area contributed by atoms with Gasteiger partial charge in [-0.25, -0.2) is 0 Å². The van der Waals surface area contributed by atoms with E-state index in [1.165, 1.54) is 12.8 Å². The van der Waals surface area contributed by atoms with Crippen molar-refractivity contribution in [1.29, 1.82) is 0 Å². The molecule has 1 rings (SSSR count). The van der Waals surface area contributed by atoms with E-state index in [0.29, 0.717) is 23.3 Å². The Morgan fingerprint density at radius 2 is 2.06 bits per heavy atom. The van der Waals surface area contributed by atoms with E-state index in [-0.39, 0.29) is 0 Å². The van der Waals surface area contributed by atoms with Crippen molar-refractivity contribution < 1.29 is 0 Å². The number of terminal acetylenes is 1. The summed E-state index contributed by atoms with van der Waals surface area (Å²) in [6, 6.07) is 0.364. The topological polar surface area (TPSA) is 29.3 Å². The van der Waals surface area contributed by atoms with Gasteiger partial charge in [-0.15, -0.1) is 6.42 Å². The highest BCUT2D eigenvalue weighted by atomic mass is 15.1. The summed E-state index contributed by atoms with van der Waals surface area (Å²) in [6.45, 7) is 12.3. The van der Waals surface area contributed by atoms with Crippen molar-refractivity contribution >= 4 is 0 Å². The van der Waals surface area contributed by atoms with Crippen molar-refractivity contribution in [2.45, 2.75) is 53.0 Å². The summed E-state index contributed by atoms with van der Waals surface area (Å²) in [5.74, 6) is 4.09. The summed E-state index contributed by atoms with van der Waals surface area (Å²) >= 11 is 0. The molecular formula is C16H30N2. The zero-order chi connectivity index (χ0) is 13.8. The first kappa shape index (κ1) is 15.5. The maximum absolute atomic E-state index is 6.22. The zero-order valence-corrected chi connectivity index (χ0v) is 12.6. The van der Waals surface area contributed by atoms with E-state index in [2.05, 4.69) is 38.5 Å². The van der Waals surface area contributed by atoms with Crippen LogP contribution < -0.4 is 5.73 Å². The molecular weight excluding hydrogens is 220 g/mol. The van der Waals surface area contributed by atoms with Crippen LogP contribution in [0.15, 0.2) is 0 Å². The lowest BCUT2D eigenvalue weighted by atomic mass is 9.61. The van der Waals surface area contributed by atoms with Crippen LogP contribution >= 0.6 is 0 Å². The average molecular weight is 250 g/mol. The largest absolute Gasteiger partial charge is 0.327 e. The zero-order valence-electron chi connectivity index (χ0n) is 12.6. The van der Waals surface area contributed by atoms with Crippen molar-refractivity contribution in [2.75, 3.05) is 19.6 Å². The van der Waals surface area contributed by atoms with Crippen molar-refractivity contribution in [3.63, 3.8) is 0 Å². The van der Waals surface area contributed by atoms with E-state index in [1.807, 2.05) is 0 Å². The van der Waals surface area contributed by atoms with Gasteiger partial charge >= 0.3 is 0 Å². The van der Waals surface area contributed by atoms with Gasteiger partial charge in [-0.2, -0.15) is 0 Å². The number of hydrogen-bond acceptors (Lipinski definition) is 2. The molecule has 0 aromatic carbocycles. The van der Waals surface area contributed by atoms with Crippen LogP contribution in [-0.4, -0.2) is 30.6 Å². The molecule has 3 atom stereocenters. The van der Waals surface area contributed by atoms with Crippen LogP contribution in [0.2, 0.25) is 0 Å². The minimum Gasteiger partial charge on any atom is -0.327 e. The fourth-order valence-corrected chi connectivity index (χ4v) is 3.26. The number of nitrogens with zero attached hydrogens (tertiary/aromatic N) is 1. The van der Waals surface area contributed by atoms with E-state index in [1.54, 1.807) is 0 Å². The third-order valence-electron chi connectivity index (χ3n) is 5.05. The summed E-state index contributed by atoms with van der Waals surface area (Å²) in [5, 5.41) is 0. The van der Waals surface area contributed by atoms with E-state index in [4.69, 9.17) is 12.2 Å². The minimum atomic E-state index is 0.318. The third kappa shape index (κ3) is 3.49. The SMILES string of the molecule is C#CCN(CCC)CC1CCC(N)C(C)C1(C)C. The standard InChI is InChI=1S/C16H30N2/c1-6-10-18(11-7-2)12-14-8-9-15(17)13(3)16(14,4)5/h1,13-15H,7-12,17H2,2-5H3. The molecule has 0 bridgehead atoms. The molecule has 18 heavy (non-hydrogen) atoms. The predicted molar refractivity (Wildman–Crippen MR) is 79.2 cm³/mol. The Morgan fingerprint density at radius 1 is 1.39 bits per heavy atom. The number of rotatable bonds is 5. The Labute approximate surface area is 113 Å². The van der Waals surface area contributed by atoms with Crippen molar-refractivity contribution in [2.24, 2.45) is 23.0 Å². The summed E-state index contributed by atoms with van der Waals surface area (Å²) in [6.07, 6.45) is 9.04. The van der Waals surface area contributed by atoms with Gasteiger partial charge in [-0.05, 0) is 43.1 Å². The Kier molecular flexibility index (Phi) is 5.69. The maximum atomic E-state index is 6.22. The predicted octanol–water partition coefficient (Wildman–Crippen LogP) is 2.73. The summed E-state index contributed by atoms with van der Waals surface area (Å²) in [4.78, 5) is 2.43. The van der Waals surface area contributed by atoms with Gasteiger partial charge in [-0.1, -0.05) is 33.6 Å². The average Bonchev–Trinajstić information content (AvgIpc) is 2.31. The molecule has 0 amide bonds. The van der Waals surface area contributed by atoms with Crippen LogP contribution in [0.1, 0.15) is 47.0 Å². The van der Waals surface area contributed by atoms with Crippen LogP contribution in [0.5, 0.6) is 0 Å². The molecule has 0 heterocycles. The Bertz CT molecular complexity index is 290. The first-order valence-corrected chi connectivity index (χ1v) is 7.34. The third-order valence-corrected chi connectivity index (χ3v) is 5.05. The van der Waals surface area contributed by atoms with Gasteiger partial charge in [0.05, 0.1) is 6.54 Å². The lowest BCUT2D eigenvalue weighted by Gasteiger charge is -2.48. The van der Waals surface area contributed by atoms with Crippen LogP contribution in [0.4, 0.5) is 0 Å². The van der Waals surface area contributed by atoms with Crippen molar-refractivity contribution in [3.8, 4) is 12.3 Å². The molecule has 0 radical (unpaired) electrons. The summed E-state index contributed by atoms with van der Waals surface area (Å²) < 4.78 is 0. The van der Waals surface area contributed by atoms with Gasteiger partial charge in [0.15, 0.2) is 0 Å². The fraction of sp³-hybridized carbons (Fsp3) is 0.875. The molecule has 0 aromatic rings. The Hall–Kier alpha value is -0.520. The molecule has 1 saturated carbocycles. The van der Waals surface area contributed by atoms with Gasteiger partial charge in [0.2, 0.25) is 0 Å². The second-order valence-electron chi connectivity index (χ2n) is 6.49. The molecule has 2 N–H and O–H groups in total. The first-order valence-electron chi connectivity index (χ1n) is 7.34. The molecule has 1 aliphatic rings. The Morgan fingerprint density at radius 3 is 2.61 bits per heavy atom. The Balaban J connectivity index is 2.67. The minimum absolute atomic E-state index is 0.318. The highest BCUT2D eigenvalue weighted by molar-refractivity contribution is 4.96. The maximum Gasteiger partial charge on any atom is 0.0599 e. The first-order chi connectivity index (χ1) is 8.43. The van der Waals surface area contributed by atoms with Gasteiger partial charge in [-0.3, -0.25) is 4.90 Å². The lowest BCUT2D eigenvalue weighted by Crippen LogP contribution is -2.50. The molecule has 0 aliphatic heterocycles. The van der Waals surface area contributed by atoms with Crippen LogP contribution in [0.3, 0.4) is 0 Å². The molecule has 1 aliphatic carbocycles. The number of hydrogen-bond donors (Lipinski definition) is 1. The van der Waals surface area contributed by atoms with Crippen molar-refractivity contribution in [3.05, 3.63) is 0 Å². The lowest BCUT2D eigenvalue weighted by molar-refractivity contribution is 0.0313. The van der Waals surface area contributed by atoms with Crippen LogP contribution in [0, 0.1) is 29.6 Å². The highest BCUT2D eigenvalue weighted by Crippen LogP contribution is 2.44. The van der Waals surface area contributed by atoms with Gasteiger partial charge in [0, 0.05) is 12.6 Å². The molecule has 2 nitrogen and oxygen atoms in total. The molecule has 1 fully saturated rings. The van der Waals surface area contributed by atoms with E-state index in [0.717, 1.165) is 26.1 Å². The number of nitrogens with two attached hydrogens (primary N) is 1. The molecule has 2 heteroatoms. The second-order valence-corrected chi connectivity index (χ2v) is 6.49. The highest BCUT2D eigenvalue weighted by Gasteiger charge is 2.41. The van der Waals surface area contributed by atoms with E-state index >= 15 is 0 Å². The van der Waals surface area contributed by atoms with E-state index < -0.39 is 0 Å². The summed E-state index contributed by atoms with van der Waals surface area (Å²) in [7, 11) is 0. The monoisotopic (exact) mass is 250 g/mol. The smallest absolute Gasteiger partial charge is 0.0599 e. The van der Waals surface area contributed by atoms with Gasteiger partial charge in [0.25, 0.3) is 0 Å². The molecule has 3 unspecified atom stereocenters. The van der Waals surface area contributed by atoms with Crippen LogP contribution in [-0.2, 0) is 0 Å². The quantitative estimate of drug-likeness (QED) is 0.760. The van der Waals surface area contributed by atoms with Gasteiger partial charge in [0.1, 0.15) is 0 Å². The normalized spacial score (nSPS) is 31.3. The molecule has 0 spiro atoms. The fourth-order valence-electron chi connectivity index (χ4n) is 3.26. The molecule has 104 valence electrons. The van der Waals surface area contributed by atoms with Gasteiger partial charge < -0.3 is 5.73 Å². The second kappa shape index (κ2) is 6.59. The van der Waals surface area contributed by atoms with Crippen molar-refractivity contribution in [1.82, 2.24) is 4.90 Å². The summed E-state index contributed by atoms with van der Waals surface area (Å²) in [5.41, 5.74) is 6.54.